The summed E-state index contributed by atoms with van der Waals surface area (Å²) in [6.45, 7) is 7.32. The smallest absolute Gasteiger partial charge is 0.223 e. The SMILES string of the molecule is C=C(N)C1CC(C(N)=O)CC(C(=O)N[C@@H](Cc2ccccc2)C(=C)O)C1. The molecule has 0 saturated heterocycles. The number of hydrogen-bond acceptors (Lipinski definition) is 4. The second-order valence-electron chi connectivity index (χ2n) is 7.02. The monoisotopic (exact) mass is 357 g/mol. The lowest BCUT2D eigenvalue weighted by molar-refractivity contribution is -0.130. The van der Waals surface area contributed by atoms with Gasteiger partial charge in [0.05, 0.1) is 6.04 Å². The molecule has 1 aliphatic rings. The molecule has 2 rings (SSSR count). The lowest BCUT2D eigenvalue weighted by Gasteiger charge is -2.33. The first-order chi connectivity index (χ1) is 12.3. The number of benzene rings is 1. The molecule has 1 aromatic carbocycles. The highest BCUT2D eigenvalue weighted by Gasteiger charge is 2.36. The highest BCUT2D eigenvalue weighted by molar-refractivity contribution is 5.82. The number of aliphatic hydroxyl groups is 1. The van der Waals surface area contributed by atoms with E-state index in [0.29, 0.717) is 31.4 Å². The molecule has 0 bridgehead atoms. The Labute approximate surface area is 154 Å². The van der Waals surface area contributed by atoms with E-state index in [-0.39, 0.29) is 17.6 Å². The van der Waals surface area contributed by atoms with Crippen LogP contribution in [0.5, 0.6) is 0 Å². The van der Waals surface area contributed by atoms with Gasteiger partial charge in [-0.2, -0.15) is 0 Å². The van der Waals surface area contributed by atoms with Crippen molar-refractivity contribution in [2.75, 3.05) is 0 Å². The topological polar surface area (TPSA) is 118 Å². The Morgan fingerprint density at radius 2 is 1.65 bits per heavy atom. The molecule has 1 saturated carbocycles. The predicted molar refractivity (Wildman–Crippen MR) is 101 cm³/mol. The zero-order valence-electron chi connectivity index (χ0n) is 14.9. The van der Waals surface area contributed by atoms with Crippen molar-refractivity contribution in [3.63, 3.8) is 0 Å². The van der Waals surface area contributed by atoms with Gasteiger partial charge in [0.1, 0.15) is 5.76 Å². The first-order valence-corrected chi connectivity index (χ1v) is 8.73. The molecule has 6 nitrogen and oxygen atoms in total. The maximum atomic E-state index is 12.8. The van der Waals surface area contributed by atoms with Gasteiger partial charge in [-0.15, -0.1) is 0 Å². The molecule has 1 aromatic rings. The Morgan fingerprint density at radius 1 is 1.08 bits per heavy atom. The van der Waals surface area contributed by atoms with E-state index >= 15 is 0 Å². The fourth-order valence-electron chi connectivity index (χ4n) is 3.46. The van der Waals surface area contributed by atoms with Gasteiger partial charge in [0.2, 0.25) is 11.8 Å². The molecule has 0 spiro atoms. The number of nitrogens with one attached hydrogen (secondary N) is 1. The second kappa shape index (κ2) is 8.56. The van der Waals surface area contributed by atoms with Crippen LogP contribution >= 0.6 is 0 Å². The zero-order valence-corrected chi connectivity index (χ0v) is 14.9. The number of allylic oxidation sites excluding steroid dienone is 1. The summed E-state index contributed by atoms with van der Waals surface area (Å²) in [5, 5.41) is 12.7. The highest BCUT2D eigenvalue weighted by Crippen LogP contribution is 2.35. The van der Waals surface area contributed by atoms with Crippen LogP contribution in [0.3, 0.4) is 0 Å². The first kappa shape index (κ1) is 19.6. The Kier molecular flexibility index (Phi) is 6.44. The third-order valence-electron chi connectivity index (χ3n) is 5.01. The summed E-state index contributed by atoms with van der Waals surface area (Å²) < 4.78 is 0. The largest absolute Gasteiger partial charge is 0.511 e. The summed E-state index contributed by atoms with van der Waals surface area (Å²) >= 11 is 0. The summed E-state index contributed by atoms with van der Waals surface area (Å²) in [4.78, 5) is 24.4. The number of primary amides is 1. The van der Waals surface area contributed by atoms with Crippen molar-refractivity contribution in [3.05, 3.63) is 60.5 Å². The van der Waals surface area contributed by atoms with Crippen molar-refractivity contribution >= 4 is 11.8 Å². The molecule has 2 amide bonds. The minimum Gasteiger partial charge on any atom is -0.511 e. The van der Waals surface area contributed by atoms with Crippen LogP contribution in [-0.2, 0) is 16.0 Å². The van der Waals surface area contributed by atoms with Crippen LogP contribution in [0.25, 0.3) is 0 Å². The van der Waals surface area contributed by atoms with Crippen LogP contribution in [-0.4, -0.2) is 23.0 Å². The van der Waals surface area contributed by atoms with Crippen LogP contribution in [0.1, 0.15) is 24.8 Å². The third-order valence-corrected chi connectivity index (χ3v) is 5.01. The first-order valence-electron chi connectivity index (χ1n) is 8.73. The van der Waals surface area contributed by atoms with Crippen LogP contribution in [0, 0.1) is 17.8 Å². The Bertz CT molecular complexity index is 665. The molecule has 26 heavy (non-hydrogen) atoms. The predicted octanol–water partition coefficient (Wildman–Crippen LogP) is 1.78. The molecular formula is C20H27N3O3. The van der Waals surface area contributed by atoms with Crippen molar-refractivity contribution in [1.82, 2.24) is 5.32 Å². The Hall–Kier alpha value is -2.76. The average Bonchev–Trinajstić information content (AvgIpc) is 2.61. The summed E-state index contributed by atoms with van der Waals surface area (Å²) in [6.07, 6.45) is 1.84. The van der Waals surface area contributed by atoms with Crippen molar-refractivity contribution in [1.29, 1.82) is 0 Å². The summed E-state index contributed by atoms with van der Waals surface area (Å²) in [5.74, 6) is -1.72. The van der Waals surface area contributed by atoms with E-state index in [0.717, 1.165) is 5.56 Å². The van der Waals surface area contributed by atoms with Gasteiger partial charge in [-0.05, 0) is 37.2 Å². The molecular weight excluding hydrogens is 330 g/mol. The Balaban J connectivity index is 2.08. The minimum atomic E-state index is -0.599. The maximum Gasteiger partial charge on any atom is 0.223 e. The van der Waals surface area contributed by atoms with Gasteiger partial charge < -0.3 is 21.9 Å². The normalized spacial score (nSPS) is 23.6. The van der Waals surface area contributed by atoms with Gasteiger partial charge >= 0.3 is 0 Å². The van der Waals surface area contributed by atoms with Gasteiger partial charge in [-0.1, -0.05) is 43.5 Å². The minimum absolute atomic E-state index is 0.107. The number of aliphatic hydroxyl groups excluding tert-OH is 1. The fourth-order valence-corrected chi connectivity index (χ4v) is 3.46. The van der Waals surface area contributed by atoms with E-state index in [4.69, 9.17) is 11.5 Å². The van der Waals surface area contributed by atoms with Gasteiger partial charge in [-0.3, -0.25) is 9.59 Å². The van der Waals surface area contributed by atoms with Gasteiger partial charge in [-0.25, -0.2) is 0 Å². The molecule has 3 unspecified atom stereocenters. The number of carbonyl (C=O) groups is 2. The molecule has 4 atom stereocenters. The standard InChI is InChI=1S/C20H27N3O3/c1-12(21)15-9-16(19(22)25)11-17(10-15)20(26)23-18(13(2)24)8-14-6-4-3-5-7-14/h3-7,15-18,24H,1-2,8-11,21H2,(H2,22,25)(H,23,26)/t15?,16?,17?,18-/m0/s1. The second-order valence-corrected chi connectivity index (χ2v) is 7.02. The summed E-state index contributed by atoms with van der Waals surface area (Å²) in [6, 6.07) is 8.92. The van der Waals surface area contributed by atoms with E-state index in [1.807, 2.05) is 30.3 Å². The number of rotatable bonds is 7. The molecule has 140 valence electrons. The van der Waals surface area contributed by atoms with Crippen molar-refractivity contribution < 1.29 is 14.7 Å². The van der Waals surface area contributed by atoms with Crippen LogP contribution in [0.4, 0.5) is 0 Å². The molecule has 6 N–H and O–H groups in total. The van der Waals surface area contributed by atoms with E-state index in [9.17, 15) is 14.7 Å². The van der Waals surface area contributed by atoms with Gasteiger partial charge in [0.15, 0.2) is 0 Å². The van der Waals surface area contributed by atoms with Crippen LogP contribution < -0.4 is 16.8 Å². The molecule has 0 aliphatic heterocycles. The van der Waals surface area contributed by atoms with E-state index < -0.39 is 23.8 Å². The average molecular weight is 357 g/mol. The Morgan fingerprint density at radius 3 is 2.19 bits per heavy atom. The van der Waals surface area contributed by atoms with E-state index in [1.165, 1.54) is 0 Å². The molecule has 0 aromatic heterocycles. The third kappa shape index (κ3) is 5.12. The highest BCUT2D eigenvalue weighted by atomic mass is 16.3. The number of hydrogen-bond donors (Lipinski definition) is 4. The van der Waals surface area contributed by atoms with Crippen molar-refractivity contribution in [2.45, 2.75) is 31.7 Å². The number of carbonyl (C=O) groups excluding carboxylic acids is 2. The van der Waals surface area contributed by atoms with Crippen LogP contribution in [0.15, 0.2) is 54.9 Å². The van der Waals surface area contributed by atoms with Crippen molar-refractivity contribution in [3.8, 4) is 0 Å². The van der Waals surface area contributed by atoms with E-state index in [1.54, 1.807) is 0 Å². The molecule has 0 radical (unpaired) electrons. The molecule has 1 fully saturated rings. The number of nitrogens with two attached hydrogens (primary N) is 2. The zero-order chi connectivity index (χ0) is 19.3. The fraction of sp³-hybridized carbons (Fsp3) is 0.400. The molecule has 6 heteroatoms. The molecule has 1 aliphatic carbocycles. The lowest BCUT2D eigenvalue weighted by Crippen LogP contribution is -2.45. The summed E-state index contributed by atoms with van der Waals surface area (Å²) in [5.41, 5.74) is 12.7. The van der Waals surface area contributed by atoms with Crippen LogP contribution in [0.2, 0.25) is 0 Å². The van der Waals surface area contributed by atoms with Crippen molar-refractivity contribution in [2.24, 2.45) is 29.2 Å². The quantitative estimate of drug-likeness (QED) is 0.556. The summed E-state index contributed by atoms with van der Waals surface area (Å²) in [7, 11) is 0. The van der Waals surface area contributed by atoms with Gasteiger partial charge in [0, 0.05) is 17.5 Å². The maximum absolute atomic E-state index is 12.8. The molecule has 0 heterocycles. The van der Waals surface area contributed by atoms with Gasteiger partial charge in [0.25, 0.3) is 0 Å². The lowest BCUT2D eigenvalue weighted by atomic mass is 9.73. The van der Waals surface area contributed by atoms with E-state index in [2.05, 4.69) is 18.5 Å². The number of amides is 2.